The highest BCUT2D eigenvalue weighted by atomic mass is 35.5. The molecule has 0 aliphatic carbocycles. The zero-order valence-electron chi connectivity index (χ0n) is 24.6. The lowest BCUT2D eigenvalue weighted by molar-refractivity contribution is 1.59. The van der Waals surface area contributed by atoms with Crippen LogP contribution in [-0.2, 0) is 0 Å². The summed E-state index contributed by atoms with van der Waals surface area (Å²) in [5.41, 5.74) is 0. The van der Waals surface area contributed by atoms with Gasteiger partial charge in [0.05, 0.1) is 12.3 Å². The molecule has 0 aliphatic rings. The number of benzene rings is 6. The van der Waals surface area contributed by atoms with Crippen molar-refractivity contribution in [1.29, 1.82) is 0 Å². The van der Waals surface area contributed by atoms with Gasteiger partial charge in [-0.25, -0.2) is 0 Å². The second kappa shape index (κ2) is 16.0. The number of halogens is 2. The minimum atomic E-state index is -1.93. The highest BCUT2D eigenvalue weighted by molar-refractivity contribution is 7.96. The molecule has 0 aliphatic heterocycles. The van der Waals surface area contributed by atoms with Gasteiger partial charge in [-0.05, 0) is 84.9 Å². The van der Waals surface area contributed by atoms with E-state index in [9.17, 15) is 0 Å². The molecule has 220 valence electrons. The summed E-state index contributed by atoms with van der Waals surface area (Å²) in [7, 11) is -3.85. The smallest absolute Gasteiger partial charge is 0.115 e. The van der Waals surface area contributed by atoms with Crippen molar-refractivity contribution in [3.8, 4) is 0 Å². The first-order chi connectivity index (χ1) is 20.8. The lowest BCUT2D eigenvalue weighted by Gasteiger charge is -2.28. The zero-order valence-corrected chi connectivity index (χ0v) is 28.0. The van der Waals surface area contributed by atoms with Crippen LogP contribution in [0, 0.1) is 0 Å². The number of hydrogen-bond donors (Lipinski definition) is 0. The van der Waals surface area contributed by atoms with E-state index in [4.69, 9.17) is 0 Å². The second-order valence-corrected chi connectivity index (χ2v) is 17.5. The highest BCUT2D eigenvalue weighted by Crippen LogP contribution is 2.57. The van der Waals surface area contributed by atoms with Gasteiger partial charge in [-0.15, -0.1) is 24.8 Å². The Hall–Kier alpha value is -3.50. The van der Waals surface area contributed by atoms with Crippen molar-refractivity contribution in [2.75, 3.05) is 12.3 Å². The molecule has 0 nitrogen and oxygen atoms in total. The summed E-state index contributed by atoms with van der Waals surface area (Å²) in [4.78, 5) is 0. The van der Waals surface area contributed by atoms with E-state index in [2.05, 4.69) is 194 Å². The molecule has 0 amide bonds. The third-order valence-electron chi connectivity index (χ3n) is 8.11. The lowest BCUT2D eigenvalue weighted by Crippen LogP contribution is -2.33. The Labute approximate surface area is 276 Å². The minimum absolute atomic E-state index is 0. The monoisotopic (exact) mass is 650 g/mol. The maximum absolute atomic E-state index is 2.49. The van der Waals surface area contributed by atoms with Crippen molar-refractivity contribution in [1.82, 2.24) is 0 Å². The first kappa shape index (κ1) is 33.4. The van der Waals surface area contributed by atoms with Crippen LogP contribution in [0.3, 0.4) is 0 Å². The molecular weight excluding hydrogens is 613 g/mol. The SMILES string of the molecule is C(=C\C[P+](c1ccccc1)(c1ccccc1)c1ccccc1)/C[P+](c1ccccc1)(c1ccccc1)c1ccccc1.Cl.Cl. The van der Waals surface area contributed by atoms with Gasteiger partial charge in [-0.3, -0.25) is 0 Å². The summed E-state index contributed by atoms with van der Waals surface area (Å²) in [5, 5.41) is 8.51. The van der Waals surface area contributed by atoms with E-state index >= 15 is 0 Å². The van der Waals surface area contributed by atoms with Crippen molar-refractivity contribution < 1.29 is 0 Å². The topological polar surface area (TPSA) is 0 Å². The summed E-state index contributed by atoms with van der Waals surface area (Å²) >= 11 is 0. The van der Waals surface area contributed by atoms with Gasteiger partial charge in [0.2, 0.25) is 0 Å². The Morgan fingerprint density at radius 1 is 0.273 bits per heavy atom. The van der Waals surface area contributed by atoms with Gasteiger partial charge in [0.1, 0.15) is 46.4 Å². The number of allylic oxidation sites excluding steroid dienone is 2. The highest BCUT2D eigenvalue weighted by Gasteiger charge is 2.46. The molecule has 44 heavy (non-hydrogen) atoms. The van der Waals surface area contributed by atoms with Gasteiger partial charge in [0.25, 0.3) is 0 Å². The van der Waals surface area contributed by atoms with Gasteiger partial charge < -0.3 is 0 Å². The van der Waals surface area contributed by atoms with Crippen molar-refractivity contribution in [3.63, 3.8) is 0 Å². The van der Waals surface area contributed by atoms with Gasteiger partial charge >= 0.3 is 0 Å². The zero-order chi connectivity index (χ0) is 28.5. The number of hydrogen-bond acceptors (Lipinski definition) is 0. The molecule has 0 aromatic heterocycles. The van der Waals surface area contributed by atoms with Crippen LogP contribution in [0.2, 0.25) is 0 Å². The van der Waals surface area contributed by atoms with E-state index in [0.717, 1.165) is 12.3 Å². The first-order valence-electron chi connectivity index (χ1n) is 14.6. The van der Waals surface area contributed by atoms with Gasteiger partial charge in [-0.2, -0.15) is 0 Å². The molecule has 0 saturated heterocycles. The molecular formula is C40H38Cl2P2+2. The Morgan fingerprint density at radius 2 is 0.432 bits per heavy atom. The van der Waals surface area contributed by atoms with E-state index in [1.165, 1.54) is 31.8 Å². The van der Waals surface area contributed by atoms with Crippen molar-refractivity contribution in [2.24, 2.45) is 0 Å². The van der Waals surface area contributed by atoms with Crippen LogP contribution >= 0.6 is 39.3 Å². The second-order valence-electron chi connectivity index (χ2n) is 10.5. The lowest BCUT2D eigenvalue weighted by atomic mass is 10.4. The molecule has 0 heterocycles. The van der Waals surface area contributed by atoms with Crippen LogP contribution in [0.5, 0.6) is 0 Å². The summed E-state index contributed by atoms with van der Waals surface area (Å²) in [5.74, 6) is 0. The molecule has 6 rings (SSSR count). The average molecular weight is 652 g/mol. The Bertz CT molecular complexity index is 1370. The van der Waals surface area contributed by atoms with Gasteiger partial charge in [0.15, 0.2) is 0 Å². The Morgan fingerprint density at radius 3 is 0.591 bits per heavy atom. The normalized spacial score (nSPS) is 11.4. The molecule has 0 saturated carbocycles. The standard InChI is InChI=1S/C40H36P2.2ClH/c1-7-21-35(22-8-1)41(36-23-9-2-10-24-36,37-25-11-3-12-26-37)33-19-20-34-42(38-27-13-4-14-28-38,39-29-15-5-16-30-39)40-31-17-6-18-32-40;;/h1-32H,33-34H2;2*1H/q+2;;/b20-19+;;. The summed E-state index contributed by atoms with van der Waals surface area (Å²) in [6, 6.07) is 67.0. The fourth-order valence-corrected chi connectivity index (χ4v) is 14.2. The molecule has 0 spiro atoms. The molecule has 0 N–H and O–H groups in total. The summed E-state index contributed by atoms with van der Waals surface area (Å²) < 4.78 is 0. The molecule has 0 bridgehead atoms. The van der Waals surface area contributed by atoms with Crippen molar-refractivity contribution >= 4 is 71.2 Å². The third kappa shape index (κ3) is 6.76. The Balaban J connectivity index is 0.00000221. The van der Waals surface area contributed by atoms with Gasteiger partial charge in [-0.1, -0.05) is 109 Å². The average Bonchev–Trinajstić information content (AvgIpc) is 3.09. The van der Waals surface area contributed by atoms with Crippen LogP contribution in [0.4, 0.5) is 0 Å². The maximum Gasteiger partial charge on any atom is 0.115 e. The van der Waals surface area contributed by atoms with Gasteiger partial charge in [0, 0.05) is 0 Å². The molecule has 6 aromatic rings. The predicted octanol–water partition coefficient (Wildman–Crippen LogP) is 8.37. The van der Waals surface area contributed by atoms with Crippen LogP contribution < -0.4 is 31.8 Å². The van der Waals surface area contributed by atoms with E-state index < -0.39 is 14.5 Å². The van der Waals surface area contributed by atoms with Crippen molar-refractivity contribution in [2.45, 2.75) is 0 Å². The molecule has 0 radical (unpaired) electrons. The largest absolute Gasteiger partial charge is 0.147 e. The first-order valence-corrected chi connectivity index (χ1v) is 18.5. The molecule has 0 atom stereocenters. The van der Waals surface area contributed by atoms with Crippen LogP contribution in [0.15, 0.2) is 194 Å². The number of rotatable bonds is 10. The molecule has 0 unspecified atom stereocenters. The molecule has 6 aromatic carbocycles. The maximum atomic E-state index is 2.49. The molecule has 4 heteroatoms. The third-order valence-corrected chi connectivity index (χ3v) is 16.7. The van der Waals surface area contributed by atoms with E-state index in [1.54, 1.807) is 0 Å². The van der Waals surface area contributed by atoms with E-state index in [-0.39, 0.29) is 24.8 Å². The fraction of sp³-hybridized carbons (Fsp3) is 0.0500. The van der Waals surface area contributed by atoms with Crippen molar-refractivity contribution in [3.05, 3.63) is 194 Å². The van der Waals surface area contributed by atoms with E-state index in [1.807, 2.05) is 0 Å². The summed E-state index contributed by atoms with van der Waals surface area (Å²) in [6.45, 7) is 0. The summed E-state index contributed by atoms with van der Waals surface area (Å²) in [6.07, 6.45) is 6.93. The quantitative estimate of drug-likeness (QED) is 0.103. The predicted molar refractivity (Wildman–Crippen MR) is 204 cm³/mol. The van der Waals surface area contributed by atoms with Crippen LogP contribution in [0.25, 0.3) is 0 Å². The molecule has 0 fully saturated rings. The Kier molecular flexibility index (Phi) is 12.1. The van der Waals surface area contributed by atoms with Crippen LogP contribution in [-0.4, -0.2) is 12.3 Å². The minimum Gasteiger partial charge on any atom is -0.147 e. The fourth-order valence-electron chi connectivity index (χ4n) is 6.09. The van der Waals surface area contributed by atoms with E-state index in [0.29, 0.717) is 0 Å². The van der Waals surface area contributed by atoms with Crippen LogP contribution in [0.1, 0.15) is 0 Å².